The molecule has 0 N–H and O–H groups in total. The molecule has 0 radical (unpaired) electrons. The molecule has 1 unspecified atom stereocenters. The van der Waals surface area contributed by atoms with Gasteiger partial charge in [-0.2, -0.15) is 0 Å². The summed E-state index contributed by atoms with van der Waals surface area (Å²) in [4.78, 5) is 14.0. The molecule has 2 heterocycles. The lowest BCUT2D eigenvalue weighted by molar-refractivity contribution is 0.122. The molecule has 0 amide bonds. The molecule has 1 fully saturated rings. The molecule has 1 aromatic heterocycles. The number of hydrogen-bond donors (Lipinski definition) is 0. The van der Waals surface area contributed by atoms with Crippen LogP contribution in [0.1, 0.15) is 36.9 Å². The molecular weight excluding hydrogens is 276 g/mol. The highest BCUT2D eigenvalue weighted by molar-refractivity contribution is 5.39. The fourth-order valence-corrected chi connectivity index (χ4v) is 4.00. The SMILES string of the molecule is COCCCN1CCCC2(CCc3cnc(N(C)C)nc32)C1. The van der Waals surface area contributed by atoms with Crippen LogP contribution in [0.15, 0.2) is 6.20 Å². The maximum absolute atomic E-state index is 5.20. The van der Waals surface area contributed by atoms with E-state index in [1.165, 1.54) is 37.1 Å². The molecule has 1 aliphatic carbocycles. The second-order valence-corrected chi connectivity index (χ2v) is 6.94. The van der Waals surface area contributed by atoms with Crippen LogP contribution in [-0.4, -0.2) is 62.3 Å². The third kappa shape index (κ3) is 2.97. The van der Waals surface area contributed by atoms with Gasteiger partial charge in [-0.1, -0.05) is 0 Å². The van der Waals surface area contributed by atoms with Gasteiger partial charge in [-0.3, -0.25) is 0 Å². The quantitative estimate of drug-likeness (QED) is 0.777. The summed E-state index contributed by atoms with van der Waals surface area (Å²) in [5.41, 5.74) is 2.95. The minimum absolute atomic E-state index is 0.258. The largest absolute Gasteiger partial charge is 0.385 e. The second kappa shape index (κ2) is 6.50. The molecule has 3 rings (SSSR count). The van der Waals surface area contributed by atoms with Gasteiger partial charge in [0.25, 0.3) is 0 Å². The monoisotopic (exact) mass is 304 g/mol. The van der Waals surface area contributed by atoms with Crippen molar-refractivity contribution in [3.63, 3.8) is 0 Å². The van der Waals surface area contributed by atoms with Gasteiger partial charge in [0.1, 0.15) is 0 Å². The Balaban J connectivity index is 1.78. The van der Waals surface area contributed by atoms with Crippen LogP contribution in [-0.2, 0) is 16.6 Å². The summed E-state index contributed by atoms with van der Waals surface area (Å²) in [5.74, 6) is 0.844. The molecule has 2 aliphatic rings. The van der Waals surface area contributed by atoms with E-state index in [9.17, 15) is 0 Å². The maximum atomic E-state index is 5.20. The van der Waals surface area contributed by atoms with Gasteiger partial charge in [-0.05, 0) is 44.2 Å². The average molecular weight is 304 g/mol. The summed E-state index contributed by atoms with van der Waals surface area (Å²) in [6, 6.07) is 0. The highest BCUT2D eigenvalue weighted by Crippen LogP contribution is 2.44. The number of anilines is 1. The number of hydrogen-bond acceptors (Lipinski definition) is 5. The zero-order chi connectivity index (χ0) is 15.6. The topological polar surface area (TPSA) is 41.5 Å². The van der Waals surface area contributed by atoms with E-state index in [1.807, 2.05) is 19.0 Å². The third-order valence-corrected chi connectivity index (χ3v) is 5.11. The summed E-state index contributed by atoms with van der Waals surface area (Å²) in [6.07, 6.45) is 8.07. The maximum Gasteiger partial charge on any atom is 0.225 e. The molecule has 122 valence electrons. The Bertz CT molecular complexity index is 515. The average Bonchev–Trinajstić information content (AvgIpc) is 2.86. The van der Waals surface area contributed by atoms with Crippen LogP contribution in [0.2, 0.25) is 0 Å². The Kier molecular flexibility index (Phi) is 4.64. The minimum Gasteiger partial charge on any atom is -0.385 e. The first-order valence-electron chi connectivity index (χ1n) is 8.40. The highest BCUT2D eigenvalue weighted by Gasteiger charge is 2.43. The van der Waals surface area contributed by atoms with Crippen LogP contribution in [0.4, 0.5) is 5.95 Å². The number of aromatic nitrogens is 2. The van der Waals surface area contributed by atoms with E-state index in [2.05, 4.69) is 16.1 Å². The van der Waals surface area contributed by atoms with Crippen molar-refractivity contribution in [2.75, 3.05) is 52.3 Å². The van der Waals surface area contributed by atoms with Gasteiger partial charge in [0.05, 0.1) is 5.69 Å². The lowest BCUT2D eigenvalue weighted by atomic mass is 9.77. The van der Waals surface area contributed by atoms with Crippen molar-refractivity contribution in [2.45, 2.75) is 37.5 Å². The van der Waals surface area contributed by atoms with Crippen molar-refractivity contribution in [2.24, 2.45) is 0 Å². The first-order valence-corrected chi connectivity index (χ1v) is 8.40. The molecule has 1 aromatic rings. The van der Waals surface area contributed by atoms with Gasteiger partial charge >= 0.3 is 0 Å². The summed E-state index contributed by atoms with van der Waals surface area (Å²) in [7, 11) is 5.81. The van der Waals surface area contributed by atoms with Crippen molar-refractivity contribution >= 4 is 5.95 Å². The van der Waals surface area contributed by atoms with Crippen LogP contribution in [0.3, 0.4) is 0 Å². The number of likely N-dealkylation sites (tertiary alicyclic amines) is 1. The molecule has 0 aromatic carbocycles. The Morgan fingerprint density at radius 3 is 3.00 bits per heavy atom. The van der Waals surface area contributed by atoms with Gasteiger partial charge < -0.3 is 14.5 Å². The van der Waals surface area contributed by atoms with Crippen LogP contribution in [0.5, 0.6) is 0 Å². The molecule has 1 atom stereocenters. The fraction of sp³-hybridized carbons (Fsp3) is 0.765. The van der Waals surface area contributed by atoms with E-state index in [0.717, 1.165) is 38.5 Å². The van der Waals surface area contributed by atoms with E-state index in [-0.39, 0.29) is 5.41 Å². The second-order valence-electron chi connectivity index (χ2n) is 6.94. The Labute approximate surface area is 133 Å². The van der Waals surface area contributed by atoms with Gasteiger partial charge in [0.15, 0.2) is 0 Å². The number of rotatable bonds is 5. The van der Waals surface area contributed by atoms with Crippen molar-refractivity contribution in [3.8, 4) is 0 Å². The summed E-state index contributed by atoms with van der Waals surface area (Å²) >= 11 is 0. The summed E-state index contributed by atoms with van der Waals surface area (Å²) in [6.45, 7) is 4.35. The first kappa shape index (κ1) is 15.7. The molecule has 5 nitrogen and oxygen atoms in total. The Morgan fingerprint density at radius 2 is 2.23 bits per heavy atom. The number of fused-ring (bicyclic) bond motifs is 2. The van der Waals surface area contributed by atoms with Crippen molar-refractivity contribution in [1.82, 2.24) is 14.9 Å². The predicted molar refractivity (Wildman–Crippen MR) is 88.5 cm³/mol. The standard InChI is InChI=1S/C17H28N4O/c1-20(2)16-18-12-14-6-8-17(15(14)19-16)7-4-9-21(13-17)10-5-11-22-3/h12H,4-11,13H2,1-3H3. The smallest absolute Gasteiger partial charge is 0.225 e. The van der Waals surface area contributed by atoms with Crippen molar-refractivity contribution < 1.29 is 4.74 Å². The molecule has 1 saturated heterocycles. The van der Waals surface area contributed by atoms with Gasteiger partial charge in [-0.15, -0.1) is 0 Å². The number of ether oxygens (including phenoxy) is 1. The number of aryl methyl sites for hydroxylation is 1. The zero-order valence-corrected chi connectivity index (χ0v) is 14.1. The Morgan fingerprint density at radius 1 is 1.36 bits per heavy atom. The van der Waals surface area contributed by atoms with Crippen LogP contribution in [0, 0.1) is 0 Å². The van der Waals surface area contributed by atoms with Gasteiger partial charge in [-0.25, -0.2) is 9.97 Å². The number of nitrogens with zero attached hydrogens (tertiary/aromatic N) is 4. The van der Waals surface area contributed by atoms with E-state index in [0.29, 0.717) is 0 Å². The molecule has 1 aliphatic heterocycles. The lowest BCUT2D eigenvalue weighted by Gasteiger charge is -2.40. The van der Waals surface area contributed by atoms with E-state index >= 15 is 0 Å². The van der Waals surface area contributed by atoms with Crippen molar-refractivity contribution in [1.29, 1.82) is 0 Å². The van der Waals surface area contributed by atoms with E-state index in [4.69, 9.17) is 9.72 Å². The summed E-state index contributed by atoms with van der Waals surface area (Å²) < 4.78 is 5.20. The van der Waals surface area contributed by atoms with Crippen LogP contribution in [0.25, 0.3) is 0 Å². The third-order valence-electron chi connectivity index (χ3n) is 5.11. The fourth-order valence-electron chi connectivity index (χ4n) is 4.00. The Hall–Kier alpha value is -1.20. The highest BCUT2D eigenvalue weighted by atomic mass is 16.5. The summed E-state index contributed by atoms with van der Waals surface area (Å²) in [5, 5.41) is 0. The van der Waals surface area contributed by atoms with Crippen LogP contribution < -0.4 is 4.90 Å². The lowest BCUT2D eigenvalue weighted by Crippen LogP contribution is -2.45. The molecule has 22 heavy (non-hydrogen) atoms. The number of piperidine rings is 1. The molecule has 5 heteroatoms. The normalized spacial score (nSPS) is 24.7. The number of methoxy groups -OCH3 is 1. The van der Waals surface area contributed by atoms with E-state index < -0.39 is 0 Å². The van der Waals surface area contributed by atoms with Crippen LogP contribution >= 0.6 is 0 Å². The predicted octanol–water partition coefficient (Wildman–Crippen LogP) is 1.86. The van der Waals surface area contributed by atoms with E-state index in [1.54, 1.807) is 7.11 Å². The minimum atomic E-state index is 0.258. The first-order chi connectivity index (χ1) is 10.6. The van der Waals surface area contributed by atoms with Gasteiger partial charge in [0, 0.05) is 52.5 Å². The molecule has 1 spiro atoms. The zero-order valence-electron chi connectivity index (χ0n) is 14.1. The van der Waals surface area contributed by atoms with Crippen molar-refractivity contribution in [3.05, 3.63) is 17.5 Å². The molecule has 0 bridgehead atoms. The molecule has 0 saturated carbocycles. The molecular formula is C17H28N4O. The van der Waals surface area contributed by atoms with Gasteiger partial charge in [0.2, 0.25) is 5.95 Å².